The summed E-state index contributed by atoms with van der Waals surface area (Å²) in [6, 6.07) is 15.2. The number of benzene rings is 2. The summed E-state index contributed by atoms with van der Waals surface area (Å²) in [5.41, 5.74) is 3.44. The van der Waals surface area contributed by atoms with E-state index in [0.29, 0.717) is 31.7 Å². The molecule has 1 N–H and O–H groups in total. The van der Waals surface area contributed by atoms with Crippen molar-refractivity contribution in [3.63, 3.8) is 0 Å². The first-order valence-corrected chi connectivity index (χ1v) is 10.9. The van der Waals surface area contributed by atoms with E-state index in [-0.39, 0.29) is 5.91 Å². The fourth-order valence-electron chi connectivity index (χ4n) is 3.20. The van der Waals surface area contributed by atoms with E-state index in [1.807, 2.05) is 48.5 Å². The van der Waals surface area contributed by atoms with E-state index in [2.05, 4.69) is 17.1 Å². The van der Waals surface area contributed by atoms with Gasteiger partial charge in [-0.15, -0.1) is 0 Å². The number of para-hydroxylation sites is 2. The number of aryl methyl sites for hydroxylation is 1. The van der Waals surface area contributed by atoms with Crippen molar-refractivity contribution in [1.82, 2.24) is 4.31 Å². The maximum atomic E-state index is 12.6. The van der Waals surface area contributed by atoms with Crippen LogP contribution < -0.4 is 10.2 Å². The Morgan fingerprint density at radius 2 is 1.63 bits per heavy atom. The van der Waals surface area contributed by atoms with Crippen molar-refractivity contribution >= 4 is 27.3 Å². The Labute approximate surface area is 160 Å². The number of nitrogens with zero attached hydrogens (tertiary/aromatic N) is 2. The Morgan fingerprint density at radius 1 is 1.00 bits per heavy atom. The van der Waals surface area contributed by atoms with Gasteiger partial charge < -0.3 is 10.2 Å². The third-order valence-electron chi connectivity index (χ3n) is 4.82. The van der Waals surface area contributed by atoms with Gasteiger partial charge in [-0.1, -0.05) is 31.2 Å². The normalized spacial score (nSPS) is 15.6. The molecule has 2 aromatic rings. The lowest BCUT2D eigenvalue weighted by Crippen LogP contribution is -2.48. The number of amides is 1. The van der Waals surface area contributed by atoms with E-state index in [9.17, 15) is 13.2 Å². The average molecular weight is 388 g/mol. The molecular formula is C20H25N3O3S. The van der Waals surface area contributed by atoms with Crippen molar-refractivity contribution in [1.29, 1.82) is 0 Å². The lowest BCUT2D eigenvalue weighted by Gasteiger charge is -2.35. The van der Waals surface area contributed by atoms with Gasteiger partial charge in [-0.3, -0.25) is 4.79 Å². The minimum atomic E-state index is -3.17. The number of nitrogens with one attached hydrogen (secondary N) is 1. The van der Waals surface area contributed by atoms with E-state index >= 15 is 0 Å². The highest BCUT2D eigenvalue weighted by molar-refractivity contribution is 7.88. The van der Waals surface area contributed by atoms with Crippen molar-refractivity contribution in [2.45, 2.75) is 13.3 Å². The third-order valence-corrected chi connectivity index (χ3v) is 6.13. The second kappa shape index (κ2) is 8.10. The minimum absolute atomic E-state index is 0.153. The molecule has 1 saturated heterocycles. The summed E-state index contributed by atoms with van der Waals surface area (Å²) in [5, 5.41) is 2.99. The van der Waals surface area contributed by atoms with Crippen molar-refractivity contribution in [3.05, 3.63) is 59.7 Å². The molecule has 27 heavy (non-hydrogen) atoms. The van der Waals surface area contributed by atoms with Gasteiger partial charge in [0.1, 0.15) is 0 Å². The first-order chi connectivity index (χ1) is 12.9. The summed E-state index contributed by atoms with van der Waals surface area (Å²) in [6.07, 6.45) is 2.17. The first kappa shape index (κ1) is 19.4. The predicted octanol–water partition coefficient (Wildman–Crippen LogP) is 2.58. The maximum Gasteiger partial charge on any atom is 0.255 e. The summed E-state index contributed by atoms with van der Waals surface area (Å²) in [4.78, 5) is 14.7. The molecule has 1 aliphatic heterocycles. The smallest absolute Gasteiger partial charge is 0.255 e. The van der Waals surface area contributed by atoms with Gasteiger partial charge in [0.05, 0.1) is 17.6 Å². The number of piperazine rings is 1. The SMILES string of the molecule is CCc1ccc(C(=O)Nc2ccccc2N2CCN(S(C)(=O)=O)CC2)cc1. The van der Waals surface area contributed by atoms with Crippen molar-refractivity contribution in [2.75, 3.05) is 42.7 Å². The molecule has 0 saturated carbocycles. The topological polar surface area (TPSA) is 69.7 Å². The number of rotatable bonds is 5. The fraction of sp³-hybridized carbons (Fsp3) is 0.350. The number of anilines is 2. The van der Waals surface area contributed by atoms with E-state index in [4.69, 9.17) is 0 Å². The molecule has 0 unspecified atom stereocenters. The van der Waals surface area contributed by atoms with Gasteiger partial charge in [-0.05, 0) is 36.2 Å². The molecule has 0 spiro atoms. The van der Waals surface area contributed by atoms with Crippen LogP contribution in [-0.2, 0) is 16.4 Å². The van der Waals surface area contributed by atoms with Gasteiger partial charge in [-0.2, -0.15) is 4.31 Å². The zero-order valence-electron chi connectivity index (χ0n) is 15.7. The molecule has 3 rings (SSSR count). The van der Waals surface area contributed by atoms with E-state index < -0.39 is 10.0 Å². The minimum Gasteiger partial charge on any atom is -0.367 e. The predicted molar refractivity (Wildman–Crippen MR) is 109 cm³/mol. The molecule has 1 amide bonds. The molecule has 2 aromatic carbocycles. The quantitative estimate of drug-likeness (QED) is 0.856. The van der Waals surface area contributed by atoms with Crippen LogP contribution in [0.25, 0.3) is 0 Å². The Bertz CT molecular complexity index is 902. The van der Waals surface area contributed by atoms with Crippen LogP contribution in [0.2, 0.25) is 0 Å². The molecule has 1 fully saturated rings. The highest BCUT2D eigenvalue weighted by Crippen LogP contribution is 2.27. The van der Waals surface area contributed by atoms with Crippen LogP contribution in [0.1, 0.15) is 22.8 Å². The van der Waals surface area contributed by atoms with Crippen molar-refractivity contribution < 1.29 is 13.2 Å². The zero-order chi connectivity index (χ0) is 19.4. The van der Waals surface area contributed by atoms with Crippen molar-refractivity contribution in [2.24, 2.45) is 0 Å². The zero-order valence-corrected chi connectivity index (χ0v) is 16.5. The summed E-state index contributed by atoms with van der Waals surface area (Å²) in [6.45, 7) is 4.14. The summed E-state index contributed by atoms with van der Waals surface area (Å²) in [5.74, 6) is -0.153. The largest absolute Gasteiger partial charge is 0.367 e. The summed E-state index contributed by atoms with van der Waals surface area (Å²) < 4.78 is 24.9. The Hall–Kier alpha value is -2.38. The Balaban J connectivity index is 1.73. The standard InChI is InChI=1S/C20H25N3O3S/c1-3-16-8-10-17(11-9-16)20(24)21-18-6-4-5-7-19(18)22-12-14-23(15-13-22)27(2,25)26/h4-11H,3,12-15H2,1-2H3,(H,21,24). The van der Waals surface area contributed by atoms with Crippen LogP contribution in [0, 0.1) is 0 Å². The molecule has 0 aliphatic carbocycles. The number of hydrogen-bond donors (Lipinski definition) is 1. The van der Waals surface area contributed by atoms with Crippen LogP contribution in [0.4, 0.5) is 11.4 Å². The molecule has 144 valence electrons. The average Bonchev–Trinajstić information content (AvgIpc) is 2.68. The van der Waals surface area contributed by atoms with Gasteiger partial charge in [0.15, 0.2) is 0 Å². The van der Waals surface area contributed by atoms with Gasteiger partial charge in [0.2, 0.25) is 10.0 Å². The Morgan fingerprint density at radius 3 is 2.22 bits per heavy atom. The van der Waals surface area contributed by atoms with Gasteiger partial charge >= 0.3 is 0 Å². The number of hydrogen-bond acceptors (Lipinski definition) is 4. The van der Waals surface area contributed by atoms with E-state index in [1.54, 1.807) is 0 Å². The van der Waals surface area contributed by atoms with E-state index in [1.165, 1.54) is 16.1 Å². The molecule has 1 aliphatic rings. The van der Waals surface area contributed by atoms with Crippen LogP contribution in [0.3, 0.4) is 0 Å². The molecule has 7 heteroatoms. The monoisotopic (exact) mass is 387 g/mol. The van der Waals surface area contributed by atoms with Crippen LogP contribution in [0.5, 0.6) is 0 Å². The van der Waals surface area contributed by atoms with Crippen LogP contribution in [0.15, 0.2) is 48.5 Å². The maximum absolute atomic E-state index is 12.6. The van der Waals surface area contributed by atoms with Gasteiger partial charge in [0, 0.05) is 31.7 Å². The lowest BCUT2D eigenvalue weighted by atomic mass is 10.1. The molecule has 6 nitrogen and oxygen atoms in total. The molecule has 0 atom stereocenters. The molecular weight excluding hydrogens is 362 g/mol. The highest BCUT2D eigenvalue weighted by Gasteiger charge is 2.24. The third kappa shape index (κ3) is 4.67. The van der Waals surface area contributed by atoms with Crippen LogP contribution >= 0.6 is 0 Å². The molecule has 0 radical (unpaired) electrons. The molecule has 0 aromatic heterocycles. The van der Waals surface area contributed by atoms with Gasteiger partial charge in [0.25, 0.3) is 5.91 Å². The first-order valence-electron chi connectivity index (χ1n) is 9.08. The second-order valence-corrected chi connectivity index (χ2v) is 8.65. The molecule has 0 bridgehead atoms. The highest BCUT2D eigenvalue weighted by atomic mass is 32.2. The molecule has 1 heterocycles. The number of carbonyl (C=O) groups is 1. The second-order valence-electron chi connectivity index (χ2n) is 6.67. The lowest BCUT2D eigenvalue weighted by molar-refractivity contribution is 0.102. The fourth-order valence-corrected chi connectivity index (χ4v) is 4.03. The number of carbonyl (C=O) groups excluding carboxylic acids is 1. The van der Waals surface area contributed by atoms with E-state index in [0.717, 1.165) is 17.8 Å². The van der Waals surface area contributed by atoms with Crippen LogP contribution in [-0.4, -0.2) is 51.1 Å². The van der Waals surface area contributed by atoms with Gasteiger partial charge in [-0.25, -0.2) is 8.42 Å². The Kier molecular flexibility index (Phi) is 5.82. The summed E-state index contributed by atoms with van der Waals surface area (Å²) in [7, 11) is -3.17. The number of sulfonamides is 1. The summed E-state index contributed by atoms with van der Waals surface area (Å²) >= 11 is 0. The van der Waals surface area contributed by atoms with Crippen molar-refractivity contribution in [3.8, 4) is 0 Å².